The van der Waals surface area contributed by atoms with E-state index < -0.39 is 12.0 Å². The van der Waals surface area contributed by atoms with E-state index in [0.717, 1.165) is 0 Å². The Morgan fingerprint density at radius 2 is 1.94 bits per heavy atom. The molecule has 0 aliphatic rings. The third-order valence-electron chi connectivity index (χ3n) is 2.05. The minimum absolute atomic E-state index is 0.231. The molecular weight excluding hydrogens is 259 g/mol. The number of fused-ring (bicyclic) bond motifs is 1. The molecule has 0 bridgehead atoms. The van der Waals surface area contributed by atoms with Crippen LogP contribution in [0.4, 0.5) is 13.2 Å². The first-order valence-corrected chi connectivity index (χ1v) is 5.44. The summed E-state index contributed by atoms with van der Waals surface area (Å²) in [5, 5.41) is 0. The second kappa shape index (κ2) is 3.49. The molecule has 0 atom stereocenters. The van der Waals surface area contributed by atoms with Crippen molar-refractivity contribution in [3.05, 3.63) is 15.5 Å². The van der Waals surface area contributed by atoms with Gasteiger partial charge in [0.1, 0.15) is 0 Å². The molecule has 0 N–H and O–H groups in total. The zero-order chi connectivity index (χ0) is 12.1. The lowest BCUT2D eigenvalue weighted by atomic mass is 10.4. The Labute approximate surface area is 97.6 Å². The largest absolute Gasteiger partial charge is 0.451 e. The fourth-order valence-corrected chi connectivity index (χ4v) is 2.47. The molecule has 0 saturated heterocycles. The van der Waals surface area contributed by atoms with Crippen LogP contribution in [0.5, 0.6) is 0 Å². The van der Waals surface area contributed by atoms with Gasteiger partial charge in [-0.3, -0.25) is 0 Å². The van der Waals surface area contributed by atoms with Gasteiger partial charge in [0.15, 0.2) is 9.60 Å². The van der Waals surface area contributed by atoms with Gasteiger partial charge in [-0.25, -0.2) is 9.97 Å². The molecule has 2 aromatic heterocycles. The highest BCUT2D eigenvalue weighted by Gasteiger charge is 2.35. The summed E-state index contributed by atoms with van der Waals surface area (Å²) in [5.41, 5.74) is 0.531. The predicted molar refractivity (Wildman–Crippen MR) is 57.0 cm³/mol. The van der Waals surface area contributed by atoms with E-state index in [9.17, 15) is 13.2 Å². The smallest absolute Gasteiger partial charge is 0.311 e. The second-order valence-electron chi connectivity index (χ2n) is 3.21. The van der Waals surface area contributed by atoms with Crippen LogP contribution >= 0.6 is 23.6 Å². The summed E-state index contributed by atoms with van der Waals surface area (Å²) in [6.45, 7) is 1.52. The standard InChI is InChI=1S/C8H6F3N3S2/c1-3-4-5(14(2)7(15)16-4)13-6(12-3)8(9,10)11/h1-2H3. The van der Waals surface area contributed by atoms with Gasteiger partial charge in [0, 0.05) is 7.05 Å². The van der Waals surface area contributed by atoms with Crippen molar-refractivity contribution in [1.29, 1.82) is 0 Å². The van der Waals surface area contributed by atoms with Gasteiger partial charge in [-0.1, -0.05) is 0 Å². The Hall–Kier alpha value is -1.02. The van der Waals surface area contributed by atoms with E-state index in [1.165, 1.54) is 22.8 Å². The fourth-order valence-electron chi connectivity index (χ4n) is 1.26. The molecule has 0 saturated carbocycles. The summed E-state index contributed by atoms with van der Waals surface area (Å²) in [6, 6.07) is 0. The number of rotatable bonds is 0. The van der Waals surface area contributed by atoms with Crippen LogP contribution in [0.2, 0.25) is 0 Å². The lowest BCUT2D eigenvalue weighted by molar-refractivity contribution is -0.144. The van der Waals surface area contributed by atoms with E-state index >= 15 is 0 Å². The monoisotopic (exact) mass is 265 g/mol. The molecule has 0 amide bonds. The molecule has 3 nitrogen and oxygen atoms in total. The van der Waals surface area contributed by atoms with E-state index in [2.05, 4.69) is 9.97 Å². The number of aryl methyl sites for hydroxylation is 2. The lowest BCUT2D eigenvalue weighted by Gasteiger charge is -2.06. The summed E-state index contributed by atoms with van der Waals surface area (Å²) in [6.07, 6.45) is -4.53. The second-order valence-corrected chi connectivity index (χ2v) is 4.85. The van der Waals surface area contributed by atoms with Gasteiger partial charge < -0.3 is 4.57 Å². The molecule has 0 fully saturated rings. The Bertz CT molecular complexity index is 611. The molecule has 0 spiro atoms. The zero-order valence-electron chi connectivity index (χ0n) is 8.29. The molecule has 2 rings (SSSR count). The third kappa shape index (κ3) is 1.71. The molecule has 86 valence electrons. The highest BCUT2D eigenvalue weighted by molar-refractivity contribution is 7.73. The molecule has 8 heteroatoms. The van der Waals surface area contributed by atoms with Crippen molar-refractivity contribution in [2.24, 2.45) is 7.05 Å². The molecule has 0 radical (unpaired) electrons. The van der Waals surface area contributed by atoms with Gasteiger partial charge in [0.25, 0.3) is 0 Å². The van der Waals surface area contributed by atoms with E-state index in [4.69, 9.17) is 12.2 Å². The van der Waals surface area contributed by atoms with Gasteiger partial charge >= 0.3 is 6.18 Å². The van der Waals surface area contributed by atoms with Gasteiger partial charge in [-0.05, 0) is 19.1 Å². The number of alkyl halides is 3. The molecule has 0 aliphatic carbocycles. The van der Waals surface area contributed by atoms with Crippen LogP contribution in [-0.4, -0.2) is 14.5 Å². The summed E-state index contributed by atoms with van der Waals surface area (Å²) in [7, 11) is 1.59. The van der Waals surface area contributed by atoms with Gasteiger partial charge in [0.05, 0.1) is 10.4 Å². The van der Waals surface area contributed by atoms with Crippen molar-refractivity contribution in [1.82, 2.24) is 14.5 Å². The molecular formula is C8H6F3N3S2. The molecule has 2 heterocycles. The van der Waals surface area contributed by atoms with E-state index in [-0.39, 0.29) is 5.65 Å². The highest BCUT2D eigenvalue weighted by atomic mass is 32.1. The number of halogens is 3. The normalized spacial score (nSPS) is 12.3. The van der Waals surface area contributed by atoms with Crippen LogP contribution in [0.25, 0.3) is 10.3 Å². The van der Waals surface area contributed by atoms with Crippen molar-refractivity contribution in [2.75, 3.05) is 0 Å². The van der Waals surface area contributed by atoms with Crippen LogP contribution in [0.3, 0.4) is 0 Å². The first-order chi connectivity index (χ1) is 7.30. The predicted octanol–water partition coefficient (Wildman–Crippen LogP) is 3.09. The summed E-state index contributed by atoms with van der Waals surface area (Å²) in [4.78, 5) is 6.94. The third-order valence-corrected chi connectivity index (χ3v) is 3.71. The van der Waals surface area contributed by atoms with Gasteiger partial charge in [-0.2, -0.15) is 13.2 Å². The molecule has 0 unspecified atom stereocenters. The average molecular weight is 265 g/mol. The summed E-state index contributed by atoms with van der Waals surface area (Å²) >= 11 is 6.19. The van der Waals surface area contributed by atoms with Crippen LogP contribution < -0.4 is 0 Å². The number of aromatic nitrogens is 3. The maximum absolute atomic E-state index is 12.5. The van der Waals surface area contributed by atoms with Crippen molar-refractivity contribution in [3.63, 3.8) is 0 Å². The molecule has 0 aromatic carbocycles. The Balaban J connectivity index is 2.85. The van der Waals surface area contributed by atoms with Gasteiger partial charge in [0.2, 0.25) is 5.82 Å². The SMILES string of the molecule is Cc1nc(C(F)(F)F)nc2c1sc(=S)n2C. The number of hydrogen-bond acceptors (Lipinski definition) is 4. The average Bonchev–Trinajstić information content (AvgIpc) is 2.44. The Morgan fingerprint density at radius 3 is 2.50 bits per heavy atom. The van der Waals surface area contributed by atoms with Crippen LogP contribution in [0, 0.1) is 10.9 Å². The first-order valence-electron chi connectivity index (χ1n) is 4.22. The number of hydrogen-bond donors (Lipinski definition) is 0. The van der Waals surface area contributed by atoms with E-state index in [1.54, 1.807) is 7.05 Å². The minimum atomic E-state index is -4.53. The van der Waals surface area contributed by atoms with E-state index in [0.29, 0.717) is 14.3 Å². The maximum atomic E-state index is 12.5. The molecule has 0 aliphatic heterocycles. The van der Waals surface area contributed by atoms with Gasteiger partial charge in [-0.15, -0.1) is 11.3 Å². The van der Waals surface area contributed by atoms with Crippen LogP contribution in [-0.2, 0) is 13.2 Å². The number of thiazole rings is 1. The van der Waals surface area contributed by atoms with Crippen LogP contribution in [0.1, 0.15) is 11.5 Å². The number of nitrogens with zero attached hydrogens (tertiary/aromatic N) is 3. The highest BCUT2D eigenvalue weighted by Crippen LogP contribution is 2.30. The first kappa shape index (κ1) is 11.5. The summed E-state index contributed by atoms with van der Waals surface area (Å²) < 4.78 is 40.0. The van der Waals surface area contributed by atoms with E-state index in [1.807, 2.05) is 0 Å². The van der Waals surface area contributed by atoms with Crippen LogP contribution in [0.15, 0.2) is 0 Å². The fraction of sp³-hybridized carbons (Fsp3) is 0.375. The topological polar surface area (TPSA) is 30.7 Å². The molecule has 2 aromatic rings. The van der Waals surface area contributed by atoms with Crippen molar-refractivity contribution in [3.8, 4) is 0 Å². The Morgan fingerprint density at radius 1 is 1.31 bits per heavy atom. The minimum Gasteiger partial charge on any atom is -0.311 e. The van der Waals surface area contributed by atoms with Crippen molar-refractivity contribution in [2.45, 2.75) is 13.1 Å². The maximum Gasteiger partial charge on any atom is 0.451 e. The molecule has 16 heavy (non-hydrogen) atoms. The Kier molecular flexibility index (Phi) is 2.50. The quantitative estimate of drug-likeness (QED) is 0.686. The summed E-state index contributed by atoms with van der Waals surface area (Å²) in [5.74, 6) is -1.12. The zero-order valence-corrected chi connectivity index (χ0v) is 9.93. The van der Waals surface area contributed by atoms with Crippen molar-refractivity contribution < 1.29 is 13.2 Å². The lowest BCUT2D eigenvalue weighted by Crippen LogP contribution is -2.12. The van der Waals surface area contributed by atoms with Crippen molar-refractivity contribution >= 4 is 33.9 Å².